The second kappa shape index (κ2) is 9.88. The Morgan fingerprint density at radius 2 is 2.06 bits per heavy atom. The van der Waals surface area contributed by atoms with Gasteiger partial charge in [-0.2, -0.15) is 5.10 Å². The van der Waals surface area contributed by atoms with Gasteiger partial charge in [0.15, 0.2) is 5.82 Å². The van der Waals surface area contributed by atoms with Crippen LogP contribution in [0.4, 0.5) is 16.3 Å². The van der Waals surface area contributed by atoms with Crippen molar-refractivity contribution in [3.63, 3.8) is 0 Å². The fourth-order valence-electron chi connectivity index (χ4n) is 4.28. The van der Waals surface area contributed by atoms with Crippen LogP contribution in [0, 0.1) is 0 Å². The summed E-state index contributed by atoms with van der Waals surface area (Å²) < 4.78 is 12.7. The Bertz CT molecular complexity index is 1280. The van der Waals surface area contributed by atoms with Crippen LogP contribution in [0.25, 0.3) is 16.9 Å². The van der Waals surface area contributed by atoms with Gasteiger partial charge in [-0.1, -0.05) is 0 Å². The van der Waals surface area contributed by atoms with Gasteiger partial charge in [0.2, 0.25) is 5.88 Å². The molecule has 192 valence electrons. The van der Waals surface area contributed by atoms with Crippen molar-refractivity contribution in [2.24, 2.45) is 5.73 Å². The van der Waals surface area contributed by atoms with Gasteiger partial charge in [0.05, 0.1) is 23.7 Å². The number of fused-ring (bicyclic) bond motifs is 1. The average Bonchev–Trinajstić information content (AvgIpc) is 3.19. The van der Waals surface area contributed by atoms with Crippen molar-refractivity contribution in [3.8, 4) is 17.3 Å². The standard InChI is InChI=1S/C24H32N8O4/c1-5-35-22-15(21(26)33)8-9-16(30-22)17-11-18(19-20(25)27-13-28-32(17)19)31-10-6-7-14(12-31)29-23(34)36-24(2,3)4/h8-9,11,13-14H,5-7,10,12H2,1-4H3,(H2,26,33)(H,29,34)(H2,25,27,28)/t14-/m1/s1. The van der Waals surface area contributed by atoms with Crippen molar-refractivity contribution in [2.75, 3.05) is 30.3 Å². The zero-order valence-corrected chi connectivity index (χ0v) is 20.9. The highest BCUT2D eigenvalue weighted by Crippen LogP contribution is 2.35. The number of nitrogens with zero attached hydrogens (tertiary/aromatic N) is 5. The molecule has 36 heavy (non-hydrogen) atoms. The number of amides is 2. The predicted octanol–water partition coefficient (Wildman–Crippen LogP) is 2.36. The summed E-state index contributed by atoms with van der Waals surface area (Å²) in [5, 5.41) is 7.38. The van der Waals surface area contributed by atoms with E-state index in [2.05, 4.69) is 25.3 Å². The van der Waals surface area contributed by atoms with Crippen LogP contribution in [0.1, 0.15) is 50.9 Å². The molecule has 12 heteroatoms. The van der Waals surface area contributed by atoms with E-state index in [1.165, 1.54) is 6.33 Å². The van der Waals surface area contributed by atoms with Crippen LogP contribution in [0.15, 0.2) is 24.5 Å². The Hall–Kier alpha value is -4.09. The molecule has 0 spiro atoms. The number of aromatic nitrogens is 4. The number of hydrogen-bond donors (Lipinski definition) is 3. The summed E-state index contributed by atoms with van der Waals surface area (Å²) in [6.07, 6.45) is 2.62. The van der Waals surface area contributed by atoms with E-state index < -0.39 is 17.6 Å². The first-order chi connectivity index (χ1) is 17.1. The highest BCUT2D eigenvalue weighted by Gasteiger charge is 2.28. The molecule has 12 nitrogen and oxygen atoms in total. The molecule has 1 fully saturated rings. The summed E-state index contributed by atoms with van der Waals surface area (Å²) in [6, 6.07) is 5.10. The van der Waals surface area contributed by atoms with Gasteiger partial charge in [-0.05, 0) is 58.7 Å². The molecule has 0 saturated carbocycles. The molecular weight excluding hydrogens is 464 g/mol. The minimum absolute atomic E-state index is 0.101. The molecule has 1 saturated heterocycles. The van der Waals surface area contributed by atoms with E-state index in [1.807, 2.05) is 26.8 Å². The number of carbonyl (C=O) groups excluding carboxylic acids is 2. The second-order valence-corrected chi connectivity index (χ2v) is 9.60. The van der Waals surface area contributed by atoms with Crippen LogP contribution >= 0.6 is 0 Å². The number of nitrogen functional groups attached to an aromatic ring is 1. The predicted molar refractivity (Wildman–Crippen MR) is 135 cm³/mol. The van der Waals surface area contributed by atoms with E-state index >= 15 is 0 Å². The number of alkyl carbamates (subject to hydrolysis) is 1. The van der Waals surface area contributed by atoms with Gasteiger partial charge < -0.3 is 31.2 Å². The lowest BCUT2D eigenvalue weighted by Gasteiger charge is -2.34. The third-order valence-corrected chi connectivity index (χ3v) is 5.71. The third kappa shape index (κ3) is 5.26. The molecule has 4 heterocycles. The molecule has 3 aromatic heterocycles. The Morgan fingerprint density at radius 1 is 1.28 bits per heavy atom. The first-order valence-corrected chi connectivity index (χ1v) is 11.9. The molecule has 0 aromatic carbocycles. The molecule has 4 rings (SSSR count). The summed E-state index contributed by atoms with van der Waals surface area (Å²) in [4.78, 5) is 35.0. The van der Waals surface area contributed by atoms with Crippen LogP contribution < -0.4 is 26.4 Å². The van der Waals surface area contributed by atoms with Crippen LogP contribution in [-0.2, 0) is 4.74 Å². The lowest BCUT2D eigenvalue weighted by molar-refractivity contribution is 0.0500. The van der Waals surface area contributed by atoms with Crippen molar-refractivity contribution < 1.29 is 19.1 Å². The van der Waals surface area contributed by atoms with Crippen LogP contribution in [-0.4, -0.2) is 62.9 Å². The van der Waals surface area contributed by atoms with Crippen LogP contribution in [0.3, 0.4) is 0 Å². The fourth-order valence-corrected chi connectivity index (χ4v) is 4.28. The van der Waals surface area contributed by atoms with Crippen molar-refractivity contribution in [1.29, 1.82) is 0 Å². The fraction of sp³-hybridized carbons (Fsp3) is 0.458. The quantitative estimate of drug-likeness (QED) is 0.465. The average molecular weight is 497 g/mol. The minimum atomic E-state index is -0.623. The number of ether oxygens (including phenoxy) is 2. The summed E-state index contributed by atoms with van der Waals surface area (Å²) in [5.41, 5.74) is 14.0. The third-order valence-electron chi connectivity index (χ3n) is 5.71. The Balaban J connectivity index is 1.70. The van der Waals surface area contributed by atoms with E-state index in [0.29, 0.717) is 35.9 Å². The molecule has 1 aliphatic heterocycles. The van der Waals surface area contributed by atoms with Gasteiger partial charge >= 0.3 is 6.09 Å². The maximum absolute atomic E-state index is 12.3. The minimum Gasteiger partial charge on any atom is -0.477 e. The van der Waals surface area contributed by atoms with Gasteiger partial charge in [0.25, 0.3) is 5.91 Å². The molecule has 1 atom stereocenters. The Morgan fingerprint density at radius 3 is 2.75 bits per heavy atom. The maximum Gasteiger partial charge on any atom is 0.407 e. The number of anilines is 2. The normalized spacial score (nSPS) is 16.1. The molecule has 0 unspecified atom stereocenters. The Labute approximate surface area is 209 Å². The molecule has 0 aliphatic carbocycles. The molecule has 1 aliphatic rings. The Kier molecular flexibility index (Phi) is 6.86. The van der Waals surface area contributed by atoms with E-state index in [1.54, 1.807) is 23.6 Å². The number of hydrogen-bond acceptors (Lipinski definition) is 9. The van der Waals surface area contributed by atoms with E-state index in [0.717, 1.165) is 25.1 Å². The summed E-state index contributed by atoms with van der Waals surface area (Å²) >= 11 is 0. The lowest BCUT2D eigenvalue weighted by atomic mass is 10.1. The second-order valence-electron chi connectivity index (χ2n) is 9.60. The molecule has 0 radical (unpaired) electrons. The van der Waals surface area contributed by atoms with Crippen molar-refractivity contribution in [1.82, 2.24) is 24.9 Å². The molecule has 5 N–H and O–H groups in total. The van der Waals surface area contributed by atoms with Crippen LogP contribution in [0.5, 0.6) is 5.88 Å². The highest BCUT2D eigenvalue weighted by atomic mass is 16.6. The lowest BCUT2D eigenvalue weighted by Crippen LogP contribution is -2.49. The smallest absolute Gasteiger partial charge is 0.407 e. The number of primary amides is 1. The number of piperidine rings is 1. The van der Waals surface area contributed by atoms with Gasteiger partial charge in [-0.3, -0.25) is 4.79 Å². The number of rotatable bonds is 6. The molecule has 0 bridgehead atoms. The number of carbonyl (C=O) groups is 2. The topological polar surface area (TPSA) is 163 Å². The zero-order chi connectivity index (χ0) is 26.0. The summed E-state index contributed by atoms with van der Waals surface area (Å²) in [7, 11) is 0. The van der Waals surface area contributed by atoms with E-state index in [-0.39, 0.29) is 17.5 Å². The van der Waals surface area contributed by atoms with Crippen molar-refractivity contribution in [2.45, 2.75) is 52.2 Å². The first-order valence-electron chi connectivity index (χ1n) is 11.9. The number of nitrogens with two attached hydrogens (primary N) is 2. The monoisotopic (exact) mass is 496 g/mol. The number of nitrogens with one attached hydrogen (secondary N) is 1. The van der Waals surface area contributed by atoms with Gasteiger partial charge in [-0.15, -0.1) is 0 Å². The zero-order valence-electron chi connectivity index (χ0n) is 20.9. The maximum atomic E-state index is 12.3. The van der Waals surface area contributed by atoms with Gasteiger partial charge in [-0.25, -0.2) is 19.3 Å². The number of pyridine rings is 1. The molecule has 3 aromatic rings. The highest BCUT2D eigenvalue weighted by molar-refractivity contribution is 5.95. The van der Waals surface area contributed by atoms with Gasteiger partial charge in [0.1, 0.15) is 23.0 Å². The van der Waals surface area contributed by atoms with E-state index in [9.17, 15) is 9.59 Å². The van der Waals surface area contributed by atoms with Crippen molar-refractivity contribution in [3.05, 3.63) is 30.1 Å². The van der Waals surface area contributed by atoms with Crippen LogP contribution in [0.2, 0.25) is 0 Å². The SMILES string of the molecule is CCOc1nc(-c2cc(N3CCC[C@@H](NC(=O)OC(C)(C)C)C3)c3c(N)ncnn23)ccc1C(N)=O. The molecular formula is C24H32N8O4. The van der Waals surface area contributed by atoms with Crippen molar-refractivity contribution >= 4 is 29.0 Å². The molecule has 2 amide bonds. The first kappa shape index (κ1) is 25.0. The largest absolute Gasteiger partial charge is 0.477 e. The van der Waals surface area contributed by atoms with E-state index in [4.69, 9.17) is 20.9 Å². The van der Waals surface area contributed by atoms with Gasteiger partial charge in [0, 0.05) is 19.1 Å². The summed E-state index contributed by atoms with van der Waals surface area (Å²) in [6.45, 7) is 8.94. The summed E-state index contributed by atoms with van der Waals surface area (Å²) in [5.74, 6) is -0.158.